The Morgan fingerprint density at radius 3 is 1.52 bits per heavy atom. The van der Waals surface area contributed by atoms with E-state index in [4.69, 9.17) is 24.4 Å². The number of rotatable bonds is 7. The average molecular weight is 793 g/mol. The third kappa shape index (κ3) is 6.02. The van der Waals surface area contributed by atoms with Crippen LogP contribution in [0.4, 0.5) is 0 Å². The Morgan fingerprint density at radius 2 is 0.871 bits per heavy atom. The molecule has 8 aromatic carbocycles. The van der Waals surface area contributed by atoms with Gasteiger partial charge in [-0.15, -0.1) is 0 Å². The second-order valence-electron chi connectivity index (χ2n) is 15.7. The highest BCUT2D eigenvalue weighted by atomic mass is 16.3. The number of fused-ring (bicyclic) bond motifs is 6. The maximum atomic E-state index is 6.54. The molecule has 0 radical (unpaired) electrons. The zero-order valence-corrected chi connectivity index (χ0v) is 33.5. The number of para-hydroxylation sites is 1. The van der Waals surface area contributed by atoms with Crippen LogP contribution in [0, 0.1) is 0 Å². The maximum absolute atomic E-state index is 6.54. The summed E-state index contributed by atoms with van der Waals surface area (Å²) in [4.78, 5) is 21.3. The van der Waals surface area contributed by atoms with E-state index in [1.165, 1.54) is 16.7 Å². The molecule has 0 N–H and O–H groups in total. The van der Waals surface area contributed by atoms with Crippen LogP contribution in [0.5, 0.6) is 0 Å². The van der Waals surface area contributed by atoms with E-state index in [1.54, 1.807) is 0 Å². The predicted molar refractivity (Wildman–Crippen MR) is 250 cm³/mol. The summed E-state index contributed by atoms with van der Waals surface area (Å²) in [7, 11) is 0. The molecule has 0 spiro atoms. The lowest BCUT2D eigenvalue weighted by Crippen LogP contribution is -2.08. The largest absolute Gasteiger partial charge is 0.456 e. The fraction of sp³-hybridized carbons (Fsp3) is 0.0175. The lowest BCUT2D eigenvalue weighted by Gasteiger charge is -2.21. The van der Waals surface area contributed by atoms with Gasteiger partial charge in [-0.3, -0.25) is 4.98 Å². The highest BCUT2D eigenvalue weighted by Crippen LogP contribution is 2.52. The van der Waals surface area contributed by atoms with E-state index in [-0.39, 0.29) is 5.92 Å². The van der Waals surface area contributed by atoms with Crippen molar-refractivity contribution in [3.05, 3.63) is 229 Å². The molecule has 0 aliphatic heterocycles. The standard InChI is InChI=1S/C57H36N4O/c1-5-18-36(19-6-1)41-29-17-30-42(37-20-7-2-8-21-37)52(41)40-32-49(57-60-55(38-22-9-3-10-23-38)59-56(61-57)39-24-11-4-12-25-39)54(58-35-40)53-45-28-14-13-26-43(45)46-33-47-44-27-15-16-31-50(44)62-51(47)34-48(46)53/h1-35,53H. The van der Waals surface area contributed by atoms with Crippen molar-refractivity contribution in [2.45, 2.75) is 5.92 Å². The predicted octanol–water partition coefficient (Wildman–Crippen LogP) is 14.3. The minimum atomic E-state index is -0.238. The first-order valence-corrected chi connectivity index (χ1v) is 20.9. The van der Waals surface area contributed by atoms with Gasteiger partial charge in [0.1, 0.15) is 11.2 Å². The molecular weight excluding hydrogens is 757 g/mol. The Labute approximate surface area is 358 Å². The zero-order valence-electron chi connectivity index (χ0n) is 33.5. The molecule has 0 bridgehead atoms. The van der Waals surface area contributed by atoms with Gasteiger partial charge in [-0.2, -0.15) is 0 Å². The van der Waals surface area contributed by atoms with Crippen molar-refractivity contribution in [2.75, 3.05) is 0 Å². The van der Waals surface area contributed by atoms with Crippen LogP contribution in [-0.2, 0) is 0 Å². The van der Waals surface area contributed by atoms with E-state index in [2.05, 4.69) is 133 Å². The summed E-state index contributed by atoms with van der Waals surface area (Å²) in [5, 5.41) is 2.20. The van der Waals surface area contributed by atoms with Crippen molar-refractivity contribution >= 4 is 21.9 Å². The van der Waals surface area contributed by atoms with Gasteiger partial charge in [0.2, 0.25) is 0 Å². The second-order valence-corrected chi connectivity index (χ2v) is 15.7. The van der Waals surface area contributed by atoms with Gasteiger partial charge in [-0.1, -0.05) is 182 Å². The Kier molecular flexibility index (Phi) is 8.49. The molecular formula is C57H36N4O. The molecule has 62 heavy (non-hydrogen) atoms. The molecule has 1 atom stereocenters. The average Bonchev–Trinajstić information content (AvgIpc) is 3.88. The van der Waals surface area contributed by atoms with Crippen molar-refractivity contribution in [2.24, 2.45) is 0 Å². The number of nitrogens with zero attached hydrogens (tertiary/aromatic N) is 4. The van der Waals surface area contributed by atoms with Crippen LogP contribution in [0.15, 0.2) is 217 Å². The third-order valence-corrected chi connectivity index (χ3v) is 12.1. The number of furan rings is 1. The molecule has 11 aromatic rings. The van der Waals surface area contributed by atoms with Gasteiger partial charge in [-0.05, 0) is 74.3 Å². The maximum Gasteiger partial charge on any atom is 0.165 e. The summed E-state index contributed by atoms with van der Waals surface area (Å²) < 4.78 is 6.54. The monoisotopic (exact) mass is 792 g/mol. The van der Waals surface area contributed by atoms with Crippen molar-refractivity contribution in [1.29, 1.82) is 0 Å². The molecule has 0 saturated heterocycles. The molecule has 5 heteroatoms. The SMILES string of the molecule is c1ccc(-c2nc(-c3ccccc3)nc(-c3cc(-c4c(-c5ccccc5)cccc4-c4ccccc4)cnc3C3c4ccccc4-c4cc5c(cc43)oc3ccccc35)n2)cc1. The van der Waals surface area contributed by atoms with Gasteiger partial charge in [0.05, 0.1) is 11.6 Å². The molecule has 1 aliphatic rings. The summed E-state index contributed by atoms with van der Waals surface area (Å²) in [6.45, 7) is 0. The normalized spacial score (nSPS) is 13.0. The van der Waals surface area contributed by atoms with Gasteiger partial charge in [-0.25, -0.2) is 15.0 Å². The van der Waals surface area contributed by atoms with E-state index >= 15 is 0 Å². The van der Waals surface area contributed by atoms with Crippen LogP contribution in [0.2, 0.25) is 0 Å². The van der Waals surface area contributed by atoms with Gasteiger partial charge in [0, 0.05) is 39.2 Å². The number of aromatic nitrogens is 4. The van der Waals surface area contributed by atoms with Crippen LogP contribution >= 0.6 is 0 Å². The minimum absolute atomic E-state index is 0.238. The molecule has 1 aliphatic carbocycles. The fourth-order valence-corrected chi connectivity index (χ4v) is 9.25. The first-order chi connectivity index (χ1) is 30.7. The van der Waals surface area contributed by atoms with Gasteiger partial charge >= 0.3 is 0 Å². The third-order valence-electron chi connectivity index (χ3n) is 12.1. The van der Waals surface area contributed by atoms with E-state index in [1.807, 2.05) is 79.0 Å². The van der Waals surface area contributed by atoms with E-state index in [0.29, 0.717) is 17.5 Å². The highest BCUT2D eigenvalue weighted by Gasteiger charge is 2.35. The molecule has 12 rings (SSSR count). The van der Waals surface area contributed by atoms with E-state index < -0.39 is 0 Å². The Balaban J connectivity index is 1.16. The molecule has 0 amide bonds. The summed E-state index contributed by atoms with van der Waals surface area (Å²) in [5.74, 6) is 1.50. The van der Waals surface area contributed by atoms with E-state index in [0.717, 1.165) is 83.3 Å². The van der Waals surface area contributed by atoms with Crippen LogP contribution in [0.3, 0.4) is 0 Å². The van der Waals surface area contributed by atoms with Crippen molar-refractivity contribution in [3.8, 4) is 78.7 Å². The van der Waals surface area contributed by atoms with Crippen LogP contribution < -0.4 is 0 Å². The van der Waals surface area contributed by atoms with Crippen molar-refractivity contribution < 1.29 is 4.42 Å². The topological polar surface area (TPSA) is 64.7 Å². The lowest BCUT2D eigenvalue weighted by molar-refractivity contribution is 0.668. The molecule has 3 aromatic heterocycles. The Morgan fingerprint density at radius 1 is 0.339 bits per heavy atom. The number of benzene rings is 8. The first kappa shape index (κ1) is 35.6. The smallest absolute Gasteiger partial charge is 0.165 e. The van der Waals surface area contributed by atoms with Crippen LogP contribution in [-0.4, -0.2) is 19.9 Å². The molecule has 5 nitrogen and oxygen atoms in total. The number of pyridine rings is 1. The first-order valence-electron chi connectivity index (χ1n) is 20.9. The van der Waals surface area contributed by atoms with Gasteiger partial charge < -0.3 is 4.42 Å². The number of hydrogen-bond acceptors (Lipinski definition) is 5. The zero-order chi connectivity index (χ0) is 41.0. The lowest BCUT2D eigenvalue weighted by atomic mass is 9.85. The fourth-order valence-electron chi connectivity index (χ4n) is 9.25. The summed E-state index contributed by atoms with van der Waals surface area (Å²) >= 11 is 0. The minimum Gasteiger partial charge on any atom is -0.456 e. The van der Waals surface area contributed by atoms with Crippen molar-refractivity contribution in [3.63, 3.8) is 0 Å². The molecule has 290 valence electrons. The molecule has 0 saturated carbocycles. The van der Waals surface area contributed by atoms with Crippen molar-refractivity contribution in [1.82, 2.24) is 19.9 Å². The Hall–Kier alpha value is -8.28. The summed E-state index contributed by atoms with van der Waals surface area (Å²) in [5.41, 5.74) is 16.4. The van der Waals surface area contributed by atoms with Crippen LogP contribution in [0.1, 0.15) is 22.7 Å². The van der Waals surface area contributed by atoms with E-state index in [9.17, 15) is 0 Å². The van der Waals surface area contributed by atoms with Gasteiger partial charge in [0.25, 0.3) is 0 Å². The Bertz CT molecular complexity index is 3340. The van der Waals surface area contributed by atoms with Crippen LogP contribution in [0.25, 0.3) is 101 Å². The van der Waals surface area contributed by atoms with Gasteiger partial charge in [0.15, 0.2) is 17.5 Å². The summed E-state index contributed by atoms with van der Waals surface area (Å²) in [6, 6.07) is 71.8. The highest BCUT2D eigenvalue weighted by molar-refractivity contribution is 6.08. The molecule has 1 unspecified atom stereocenters. The second kappa shape index (κ2) is 14.8. The molecule has 0 fully saturated rings. The number of hydrogen-bond donors (Lipinski definition) is 0. The molecule has 3 heterocycles. The quantitative estimate of drug-likeness (QED) is 0.161. The summed E-state index contributed by atoms with van der Waals surface area (Å²) in [6.07, 6.45) is 2.05.